The summed E-state index contributed by atoms with van der Waals surface area (Å²) in [5.41, 5.74) is 4.53. The van der Waals surface area contributed by atoms with Crippen molar-refractivity contribution >= 4 is 33.2 Å². The van der Waals surface area contributed by atoms with E-state index < -0.39 is 10.0 Å². The van der Waals surface area contributed by atoms with Gasteiger partial charge in [-0.1, -0.05) is 36.7 Å². The van der Waals surface area contributed by atoms with Gasteiger partial charge in [-0.3, -0.25) is 9.10 Å². The summed E-state index contributed by atoms with van der Waals surface area (Å²) >= 11 is 5.91. The van der Waals surface area contributed by atoms with Gasteiger partial charge in [0.2, 0.25) is 15.9 Å². The minimum atomic E-state index is -3.45. The van der Waals surface area contributed by atoms with Gasteiger partial charge < -0.3 is 5.32 Å². The van der Waals surface area contributed by atoms with Gasteiger partial charge >= 0.3 is 0 Å². The minimum absolute atomic E-state index is 0.0259. The van der Waals surface area contributed by atoms with E-state index in [0.29, 0.717) is 17.1 Å². The zero-order chi connectivity index (χ0) is 22.4. The number of hydrogen-bond donors (Lipinski definition) is 1. The van der Waals surface area contributed by atoms with Crippen LogP contribution in [0.2, 0.25) is 5.02 Å². The predicted molar refractivity (Wildman–Crippen MR) is 127 cm³/mol. The lowest BCUT2D eigenvalue weighted by atomic mass is 9.89. The Labute approximate surface area is 190 Å². The Morgan fingerprint density at radius 3 is 2.42 bits per heavy atom. The minimum Gasteiger partial charge on any atom is -0.349 e. The van der Waals surface area contributed by atoms with Crippen LogP contribution in [-0.2, 0) is 27.7 Å². The number of amides is 1. The molecule has 0 radical (unpaired) electrons. The number of benzene rings is 2. The standard InChI is InChI=1S/C24H31ClN2O3S/c1-3-23(20-11-10-18-7-4-5-8-19(18)17-20)26-24(28)9-6-16-27(31(2,29)30)22-14-12-21(25)13-15-22/h10-15,17,23H,3-9,16H2,1-2H3,(H,26,28). The molecule has 168 valence electrons. The summed E-state index contributed by atoms with van der Waals surface area (Å²) in [5.74, 6) is -0.0610. The fraction of sp³-hybridized carbons (Fsp3) is 0.458. The molecule has 3 rings (SSSR count). The number of carbonyl (C=O) groups excluding carboxylic acids is 1. The summed E-state index contributed by atoms with van der Waals surface area (Å²) in [4.78, 5) is 12.6. The molecule has 0 saturated carbocycles. The van der Waals surface area contributed by atoms with Gasteiger partial charge in [0.25, 0.3) is 0 Å². The Kier molecular flexibility index (Phi) is 8.00. The molecule has 0 aliphatic heterocycles. The molecule has 1 amide bonds. The van der Waals surface area contributed by atoms with Crippen molar-refractivity contribution in [3.05, 3.63) is 64.2 Å². The normalized spacial score (nSPS) is 14.5. The van der Waals surface area contributed by atoms with E-state index in [0.717, 1.165) is 24.8 Å². The largest absolute Gasteiger partial charge is 0.349 e. The van der Waals surface area contributed by atoms with Crippen LogP contribution in [0.3, 0.4) is 0 Å². The highest BCUT2D eigenvalue weighted by Crippen LogP contribution is 2.26. The topological polar surface area (TPSA) is 66.5 Å². The molecule has 1 atom stereocenters. The summed E-state index contributed by atoms with van der Waals surface area (Å²) in [6.45, 7) is 2.31. The average molecular weight is 463 g/mol. The number of nitrogens with zero attached hydrogens (tertiary/aromatic N) is 1. The van der Waals surface area contributed by atoms with Crippen molar-refractivity contribution in [1.82, 2.24) is 5.32 Å². The molecule has 2 aromatic carbocycles. The molecule has 1 N–H and O–H groups in total. The zero-order valence-corrected chi connectivity index (χ0v) is 19.8. The lowest BCUT2D eigenvalue weighted by Gasteiger charge is -2.23. The van der Waals surface area contributed by atoms with Crippen LogP contribution in [-0.4, -0.2) is 27.1 Å². The Hall–Kier alpha value is -2.05. The second-order valence-electron chi connectivity index (χ2n) is 8.18. The zero-order valence-electron chi connectivity index (χ0n) is 18.2. The first-order valence-corrected chi connectivity index (χ1v) is 13.1. The van der Waals surface area contributed by atoms with Gasteiger partial charge in [-0.15, -0.1) is 0 Å². The quantitative estimate of drug-likeness (QED) is 0.568. The molecule has 0 aromatic heterocycles. The average Bonchev–Trinajstić information content (AvgIpc) is 2.75. The molecule has 0 saturated heterocycles. The molecule has 31 heavy (non-hydrogen) atoms. The van der Waals surface area contributed by atoms with Crippen molar-refractivity contribution in [3.63, 3.8) is 0 Å². The summed E-state index contributed by atoms with van der Waals surface area (Å²) in [6.07, 6.45) is 7.41. The van der Waals surface area contributed by atoms with Crippen LogP contribution >= 0.6 is 11.6 Å². The Balaban J connectivity index is 1.58. The lowest BCUT2D eigenvalue weighted by molar-refractivity contribution is -0.121. The fourth-order valence-electron chi connectivity index (χ4n) is 4.13. The van der Waals surface area contributed by atoms with E-state index in [1.54, 1.807) is 24.3 Å². The van der Waals surface area contributed by atoms with Crippen LogP contribution in [0.4, 0.5) is 5.69 Å². The van der Waals surface area contributed by atoms with E-state index in [1.807, 2.05) is 0 Å². The van der Waals surface area contributed by atoms with Gasteiger partial charge in [0, 0.05) is 18.0 Å². The van der Waals surface area contributed by atoms with Crippen molar-refractivity contribution < 1.29 is 13.2 Å². The molecule has 0 bridgehead atoms. The first kappa shape index (κ1) is 23.6. The van der Waals surface area contributed by atoms with E-state index in [2.05, 4.69) is 30.4 Å². The van der Waals surface area contributed by atoms with E-state index in [9.17, 15) is 13.2 Å². The van der Waals surface area contributed by atoms with E-state index in [-0.39, 0.29) is 24.9 Å². The van der Waals surface area contributed by atoms with Crippen molar-refractivity contribution in [2.75, 3.05) is 17.1 Å². The van der Waals surface area contributed by atoms with Gasteiger partial charge in [-0.25, -0.2) is 8.42 Å². The van der Waals surface area contributed by atoms with Crippen LogP contribution < -0.4 is 9.62 Å². The number of sulfonamides is 1. The summed E-state index contributed by atoms with van der Waals surface area (Å²) in [6, 6.07) is 13.2. The number of fused-ring (bicyclic) bond motifs is 1. The van der Waals surface area contributed by atoms with Gasteiger partial charge in [-0.2, -0.15) is 0 Å². The maximum Gasteiger partial charge on any atom is 0.232 e. The highest BCUT2D eigenvalue weighted by atomic mass is 35.5. The van der Waals surface area contributed by atoms with E-state index in [4.69, 9.17) is 11.6 Å². The number of hydrogen-bond acceptors (Lipinski definition) is 3. The SMILES string of the molecule is CCC(NC(=O)CCCN(c1ccc(Cl)cc1)S(C)(=O)=O)c1ccc2c(c1)CCCC2. The van der Waals surface area contributed by atoms with Crippen molar-refractivity contribution in [2.24, 2.45) is 0 Å². The summed E-state index contributed by atoms with van der Waals surface area (Å²) < 4.78 is 25.7. The predicted octanol–water partition coefficient (Wildman–Crippen LogP) is 5.03. The van der Waals surface area contributed by atoms with Crippen molar-refractivity contribution in [3.8, 4) is 0 Å². The van der Waals surface area contributed by atoms with Gasteiger partial charge in [0.1, 0.15) is 0 Å². The molecule has 7 heteroatoms. The van der Waals surface area contributed by atoms with Gasteiger partial charge in [0.05, 0.1) is 18.0 Å². The van der Waals surface area contributed by atoms with Crippen molar-refractivity contribution in [2.45, 2.75) is 57.9 Å². The third-order valence-corrected chi connectivity index (χ3v) is 7.24. The maximum atomic E-state index is 12.6. The van der Waals surface area contributed by atoms with E-state index >= 15 is 0 Å². The van der Waals surface area contributed by atoms with E-state index in [1.165, 1.54) is 34.5 Å². The molecule has 1 aliphatic rings. The van der Waals surface area contributed by atoms with Crippen LogP contribution in [0.5, 0.6) is 0 Å². The first-order chi connectivity index (χ1) is 14.8. The summed E-state index contributed by atoms with van der Waals surface area (Å²) in [7, 11) is -3.45. The van der Waals surface area contributed by atoms with Crippen LogP contribution in [0.25, 0.3) is 0 Å². The Morgan fingerprint density at radius 2 is 1.77 bits per heavy atom. The van der Waals surface area contributed by atoms with Crippen molar-refractivity contribution in [1.29, 1.82) is 0 Å². The number of anilines is 1. The monoisotopic (exact) mass is 462 g/mol. The Bertz CT molecular complexity index is 1010. The number of nitrogens with one attached hydrogen (secondary N) is 1. The van der Waals surface area contributed by atoms with Gasteiger partial charge in [0.15, 0.2) is 0 Å². The highest BCUT2D eigenvalue weighted by Gasteiger charge is 2.19. The Morgan fingerprint density at radius 1 is 1.10 bits per heavy atom. The molecule has 2 aromatic rings. The van der Waals surface area contributed by atoms with Gasteiger partial charge in [-0.05, 0) is 79.5 Å². The second kappa shape index (κ2) is 10.5. The second-order valence-corrected chi connectivity index (χ2v) is 10.5. The lowest BCUT2D eigenvalue weighted by Crippen LogP contribution is -2.33. The van der Waals surface area contributed by atoms with Crippen LogP contribution in [0.1, 0.15) is 61.8 Å². The molecule has 0 spiro atoms. The molecule has 0 fully saturated rings. The third kappa shape index (κ3) is 6.47. The molecular formula is C24H31ClN2O3S. The maximum absolute atomic E-state index is 12.6. The molecule has 1 unspecified atom stereocenters. The third-order valence-electron chi connectivity index (χ3n) is 5.80. The molecule has 0 heterocycles. The number of rotatable bonds is 9. The molecular weight excluding hydrogens is 432 g/mol. The molecule has 1 aliphatic carbocycles. The number of aryl methyl sites for hydroxylation is 2. The number of halogens is 1. The fourth-order valence-corrected chi connectivity index (χ4v) is 5.23. The summed E-state index contributed by atoms with van der Waals surface area (Å²) in [5, 5.41) is 3.67. The molecule has 5 nitrogen and oxygen atoms in total. The highest BCUT2D eigenvalue weighted by molar-refractivity contribution is 7.92. The number of carbonyl (C=O) groups is 1. The smallest absolute Gasteiger partial charge is 0.232 e. The van der Waals surface area contributed by atoms with Crippen LogP contribution in [0, 0.1) is 0 Å². The first-order valence-electron chi connectivity index (χ1n) is 10.9. The van der Waals surface area contributed by atoms with Crippen LogP contribution in [0.15, 0.2) is 42.5 Å².